The molecule has 0 amide bonds. The van der Waals surface area contributed by atoms with Crippen LogP contribution in [0.3, 0.4) is 0 Å². The van der Waals surface area contributed by atoms with Gasteiger partial charge in [-0.3, -0.25) is 0 Å². The summed E-state index contributed by atoms with van der Waals surface area (Å²) in [6.45, 7) is 7.74. The average Bonchev–Trinajstić information content (AvgIpc) is 2.85. The van der Waals surface area contributed by atoms with Crippen molar-refractivity contribution in [1.82, 2.24) is 0 Å². The number of aliphatic hydroxyl groups is 2. The van der Waals surface area contributed by atoms with Gasteiger partial charge in [0, 0.05) is 37.0 Å². The van der Waals surface area contributed by atoms with Gasteiger partial charge in [0.15, 0.2) is 17.4 Å². The van der Waals surface area contributed by atoms with Crippen LogP contribution in [0.15, 0.2) is 30.3 Å². The lowest BCUT2D eigenvalue weighted by molar-refractivity contribution is -0.298. The molecular weight excluding hydrogens is 454 g/mol. The Morgan fingerprint density at radius 3 is 2.30 bits per heavy atom. The second-order valence-corrected chi connectivity index (χ2v) is 7.42. The van der Waals surface area contributed by atoms with E-state index in [-0.39, 0.29) is 30.8 Å². The van der Waals surface area contributed by atoms with Crippen LogP contribution in [0.1, 0.15) is 57.2 Å². The van der Waals surface area contributed by atoms with E-state index in [1.54, 1.807) is 18.2 Å². The maximum atomic E-state index is 14.4. The van der Waals surface area contributed by atoms with Crippen LogP contribution < -0.4 is 4.74 Å². The molecule has 1 aliphatic heterocycles. The van der Waals surface area contributed by atoms with Crippen molar-refractivity contribution in [2.45, 2.75) is 65.0 Å². The van der Waals surface area contributed by atoms with Crippen LogP contribution in [-0.4, -0.2) is 43.2 Å². The second-order valence-electron chi connectivity index (χ2n) is 7.01. The lowest BCUT2D eigenvalue weighted by atomic mass is 9.91. The molecular formula is C25H35ClF2O5. The minimum atomic E-state index is -1.28. The van der Waals surface area contributed by atoms with Crippen LogP contribution in [0.5, 0.6) is 5.75 Å². The molecule has 2 N–H and O–H groups in total. The Morgan fingerprint density at radius 2 is 1.73 bits per heavy atom. The topological polar surface area (TPSA) is 68.2 Å². The van der Waals surface area contributed by atoms with Crippen molar-refractivity contribution in [3.8, 4) is 5.75 Å². The molecule has 0 radical (unpaired) electrons. The zero-order chi connectivity index (χ0) is 25.2. The van der Waals surface area contributed by atoms with E-state index in [2.05, 4.69) is 0 Å². The highest BCUT2D eigenvalue weighted by Crippen LogP contribution is 2.40. The molecule has 3 rings (SSSR count). The van der Waals surface area contributed by atoms with Gasteiger partial charge >= 0.3 is 0 Å². The molecule has 186 valence electrons. The summed E-state index contributed by atoms with van der Waals surface area (Å²) < 4.78 is 44.8. The molecule has 0 aliphatic carbocycles. The summed E-state index contributed by atoms with van der Waals surface area (Å²) in [5.41, 5.74) is 1.21. The lowest BCUT2D eigenvalue weighted by Crippen LogP contribution is -2.46. The third-order valence-corrected chi connectivity index (χ3v) is 5.51. The molecule has 8 heteroatoms. The molecule has 1 fully saturated rings. The van der Waals surface area contributed by atoms with Crippen LogP contribution in [0.4, 0.5) is 8.78 Å². The number of hydrogen-bond acceptors (Lipinski definition) is 5. The molecule has 2 aromatic rings. The molecule has 1 heterocycles. The Bertz CT molecular complexity index is 880. The van der Waals surface area contributed by atoms with E-state index in [1.807, 2.05) is 27.7 Å². The number of halogens is 3. The Hall–Kier alpha value is -1.77. The van der Waals surface area contributed by atoms with E-state index >= 15 is 0 Å². The minimum Gasteiger partial charge on any atom is -0.494 e. The van der Waals surface area contributed by atoms with Gasteiger partial charge in [-0.05, 0) is 29.3 Å². The smallest absolute Gasteiger partial charge is 0.200 e. The van der Waals surface area contributed by atoms with Gasteiger partial charge in [0.05, 0.1) is 25.9 Å². The van der Waals surface area contributed by atoms with Crippen LogP contribution in [0.25, 0.3) is 0 Å². The Labute approximate surface area is 200 Å². The zero-order valence-electron chi connectivity index (χ0n) is 20.1. The maximum Gasteiger partial charge on any atom is 0.200 e. The summed E-state index contributed by atoms with van der Waals surface area (Å²) in [6, 6.07) is 7.78. The van der Waals surface area contributed by atoms with Crippen LogP contribution in [0.2, 0.25) is 5.02 Å². The average molecular weight is 489 g/mol. The van der Waals surface area contributed by atoms with Gasteiger partial charge < -0.3 is 24.4 Å². The van der Waals surface area contributed by atoms with Crippen LogP contribution in [0, 0.1) is 11.6 Å². The summed E-state index contributed by atoms with van der Waals surface area (Å²) in [4.78, 5) is 0. The summed E-state index contributed by atoms with van der Waals surface area (Å²) in [6.07, 6.45) is -0.838. The number of ether oxygens (including phenoxy) is 3. The third kappa shape index (κ3) is 6.87. The fourth-order valence-corrected chi connectivity index (χ4v) is 3.81. The first-order valence-electron chi connectivity index (χ1n) is 11.1. The highest BCUT2D eigenvalue weighted by molar-refractivity contribution is 6.31. The van der Waals surface area contributed by atoms with E-state index in [0.717, 1.165) is 0 Å². The standard InChI is InChI=1S/C21H23ClF2O5.2C2H6/c1-27-18-6-3-12(19(23)20(18)24)7-13-8-14(4-5-17(13)22)21(28-2)10-15(26)9-16(11-25)29-21;2*1-2/h3-6,8,15-16,25-26H,7,9-11H2,1-2H3;2*1-2H3/t15?,16?,21-;;/m1../s1. The van der Waals surface area contributed by atoms with Gasteiger partial charge in [0.2, 0.25) is 5.82 Å². The lowest BCUT2D eigenvalue weighted by Gasteiger charge is -2.42. The summed E-state index contributed by atoms with van der Waals surface area (Å²) >= 11 is 6.30. The Morgan fingerprint density at radius 1 is 1.06 bits per heavy atom. The summed E-state index contributed by atoms with van der Waals surface area (Å²) in [7, 11) is 2.71. The quantitative estimate of drug-likeness (QED) is 0.554. The highest BCUT2D eigenvalue weighted by atomic mass is 35.5. The van der Waals surface area contributed by atoms with Gasteiger partial charge in [0.1, 0.15) is 0 Å². The van der Waals surface area contributed by atoms with Gasteiger partial charge in [-0.15, -0.1) is 0 Å². The van der Waals surface area contributed by atoms with E-state index < -0.39 is 29.6 Å². The van der Waals surface area contributed by atoms with E-state index in [4.69, 9.17) is 25.8 Å². The molecule has 0 saturated carbocycles. The first-order valence-corrected chi connectivity index (χ1v) is 11.5. The molecule has 2 aromatic carbocycles. The Kier molecular flexibility index (Phi) is 12.3. The molecule has 1 aliphatic rings. The number of benzene rings is 2. The van der Waals surface area contributed by atoms with Gasteiger partial charge in [0.25, 0.3) is 0 Å². The maximum absolute atomic E-state index is 14.4. The first-order chi connectivity index (χ1) is 15.8. The van der Waals surface area contributed by atoms with Crippen molar-refractivity contribution in [3.63, 3.8) is 0 Å². The molecule has 3 atom stereocenters. The molecule has 0 bridgehead atoms. The molecule has 1 saturated heterocycles. The second kappa shape index (κ2) is 13.8. The molecule has 0 aromatic heterocycles. The van der Waals surface area contributed by atoms with E-state index in [9.17, 15) is 19.0 Å². The summed E-state index contributed by atoms with van der Waals surface area (Å²) in [5.74, 6) is -3.52. The van der Waals surface area contributed by atoms with Crippen molar-refractivity contribution in [1.29, 1.82) is 0 Å². The normalized spacial score (nSPS) is 21.9. The SMILES string of the molecule is CC.CC.COc1ccc(Cc2cc([C@@]3(OC)CC(O)CC(CO)O3)ccc2Cl)c(F)c1F. The summed E-state index contributed by atoms with van der Waals surface area (Å²) in [5, 5.41) is 20.1. The van der Waals surface area contributed by atoms with Gasteiger partial charge in [-0.25, -0.2) is 4.39 Å². The Balaban J connectivity index is 0.00000129. The largest absolute Gasteiger partial charge is 0.494 e. The predicted octanol–water partition coefficient (Wildman–Crippen LogP) is 5.60. The van der Waals surface area contributed by atoms with Gasteiger partial charge in [-0.1, -0.05) is 51.4 Å². The molecule has 2 unspecified atom stereocenters. The molecule has 0 spiro atoms. The molecule has 33 heavy (non-hydrogen) atoms. The number of hydrogen-bond donors (Lipinski definition) is 2. The van der Waals surface area contributed by atoms with Crippen molar-refractivity contribution in [2.24, 2.45) is 0 Å². The number of aliphatic hydroxyl groups excluding tert-OH is 2. The van der Waals surface area contributed by atoms with Gasteiger partial charge in [-0.2, -0.15) is 4.39 Å². The fourth-order valence-electron chi connectivity index (χ4n) is 3.63. The van der Waals surface area contributed by atoms with Crippen molar-refractivity contribution in [2.75, 3.05) is 20.8 Å². The first kappa shape index (κ1) is 29.3. The monoisotopic (exact) mass is 488 g/mol. The number of rotatable bonds is 6. The number of methoxy groups -OCH3 is 2. The predicted molar refractivity (Wildman–Crippen MR) is 126 cm³/mol. The van der Waals surface area contributed by atoms with Crippen LogP contribution >= 0.6 is 11.6 Å². The minimum absolute atomic E-state index is 0.0329. The van der Waals surface area contributed by atoms with Crippen molar-refractivity contribution < 1.29 is 33.2 Å². The van der Waals surface area contributed by atoms with Crippen molar-refractivity contribution >= 4 is 11.6 Å². The zero-order valence-corrected chi connectivity index (χ0v) is 20.9. The molecule has 5 nitrogen and oxygen atoms in total. The fraction of sp³-hybridized carbons (Fsp3) is 0.520. The van der Waals surface area contributed by atoms with Crippen molar-refractivity contribution in [3.05, 3.63) is 63.7 Å². The van der Waals surface area contributed by atoms with E-state index in [1.165, 1.54) is 26.4 Å². The third-order valence-electron chi connectivity index (χ3n) is 5.14. The van der Waals surface area contributed by atoms with E-state index in [0.29, 0.717) is 22.6 Å². The van der Waals surface area contributed by atoms with Crippen LogP contribution in [-0.2, 0) is 21.7 Å². The highest BCUT2D eigenvalue weighted by Gasteiger charge is 2.43.